The van der Waals surface area contributed by atoms with Crippen molar-refractivity contribution in [3.8, 4) is 17.0 Å². The molecule has 32 heavy (non-hydrogen) atoms. The Morgan fingerprint density at radius 2 is 1.69 bits per heavy atom. The molecule has 1 saturated heterocycles. The van der Waals surface area contributed by atoms with Crippen LogP contribution in [0.15, 0.2) is 66.9 Å². The van der Waals surface area contributed by atoms with E-state index in [1.54, 1.807) is 6.20 Å². The van der Waals surface area contributed by atoms with Crippen LogP contribution in [-0.2, 0) is 4.79 Å². The molecule has 0 spiro atoms. The first-order valence-electron chi connectivity index (χ1n) is 11.3. The molecule has 0 N–H and O–H groups in total. The van der Waals surface area contributed by atoms with Gasteiger partial charge in [-0.3, -0.25) is 4.79 Å². The topological polar surface area (TPSA) is 58.6 Å². The number of aromatic nitrogens is 2. The van der Waals surface area contributed by atoms with E-state index in [4.69, 9.17) is 9.72 Å². The Hall–Kier alpha value is -3.41. The zero-order valence-corrected chi connectivity index (χ0v) is 18.8. The highest BCUT2D eigenvalue weighted by Gasteiger charge is 2.28. The van der Waals surface area contributed by atoms with Gasteiger partial charge < -0.3 is 14.5 Å². The first-order valence-corrected chi connectivity index (χ1v) is 11.3. The van der Waals surface area contributed by atoms with Crippen molar-refractivity contribution in [2.45, 2.75) is 26.2 Å². The summed E-state index contributed by atoms with van der Waals surface area (Å²) in [5.74, 6) is 1.69. The summed E-state index contributed by atoms with van der Waals surface area (Å²) in [4.78, 5) is 26.6. The molecule has 4 rings (SSSR count). The lowest BCUT2D eigenvalue weighted by Gasteiger charge is -2.36. The molecule has 1 amide bonds. The number of carbonyl (C=O) groups is 1. The molecular weight excluding hydrogens is 400 g/mol. The van der Waals surface area contributed by atoms with Gasteiger partial charge in [0.15, 0.2) is 0 Å². The van der Waals surface area contributed by atoms with E-state index in [1.165, 1.54) is 0 Å². The number of ether oxygens (including phenoxy) is 1. The Labute approximate surface area is 189 Å². The van der Waals surface area contributed by atoms with Crippen LogP contribution in [0.5, 0.6) is 5.75 Å². The van der Waals surface area contributed by atoms with Crippen molar-refractivity contribution in [1.82, 2.24) is 14.9 Å². The highest BCUT2D eigenvalue weighted by molar-refractivity contribution is 5.84. The lowest BCUT2D eigenvalue weighted by Crippen LogP contribution is -2.50. The maximum atomic E-state index is 13.2. The van der Waals surface area contributed by atoms with E-state index in [-0.39, 0.29) is 11.8 Å². The summed E-state index contributed by atoms with van der Waals surface area (Å²) < 4.78 is 5.52. The summed E-state index contributed by atoms with van der Waals surface area (Å²) in [6, 6.07) is 19.9. The molecule has 1 aromatic heterocycles. The molecule has 0 aliphatic carbocycles. The van der Waals surface area contributed by atoms with E-state index in [0.717, 1.165) is 42.1 Å². The Bertz CT molecular complexity index is 1020. The number of piperazine rings is 1. The first-order chi connectivity index (χ1) is 15.7. The molecule has 0 radical (unpaired) electrons. The van der Waals surface area contributed by atoms with E-state index in [1.807, 2.05) is 72.5 Å². The van der Waals surface area contributed by atoms with Crippen LogP contribution in [0.2, 0.25) is 0 Å². The SMILES string of the molecule is CCOc1ccc(-c2ccnc(N3CCN(C(=O)[C@@H](CC)c4ccccc4)CC3)n2)cc1. The van der Waals surface area contributed by atoms with Gasteiger partial charge in [0.05, 0.1) is 18.2 Å². The number of hydrogen-bond donors (Lipinski definition) is 0. The van der Waals surface area contributed by atoms with E-state index in [2.05, 4.69) is 16.8 Å². The number of hydrogen-bond acceptors (Lipinski definition) is 5. The van der Waals surface area contributed by atoms with E-state index in [0.29, 0.717) is 25.6 Å². The molecular formula is C26H30N4O2. The van der Waals surface area contributed by atoms with Crippen molar-refractivity contribution in [2.75, 3.05) is 37.7 Å². The first kappa shape index (κ1) is 21.8. The van der Waals surface area contributed by atoms with Crippen molar-refractivity contribution in [3.63, 3.8) is 0 Å². The second-order valence-corrected chi connectivity index (χ2v) is 7.88. The molecule has 1 fully saturated rings. The fraction of sp³-hybridized carbons (Fsp3) is 0.346. The third-order valence-corrected chi connectivity index (χ3v) is 5.89. The van der Waals surface area contributed by atoms with Crippen LogP contribution < -0.4 is 9.64 Å². The molecule has 1 atom stereocenters. The lowest BCUT2D eigenvalue weighted by molar-refractivity contribution is -0.133. The van der Waals surface area contributed by atoms with Gasteiger partial charge in [0.1, 0.15) is 5.75 Å². The third-order valence-electron chi connectivity index (χ3n) is 5.89. The average Bonchev–Trinajstić information content (AvgIpc) is 2.86. The smallest absolute Gasteiger partial charge is 0.230 e. The Morgan fingerprint density at radius 3 is 2.34 bits per heavy atom. The highest BCUT2D eigenvalue weighted by atomic mass is 16.5. The van der Waals surface area contributed by atoms with Crippen molar-refractivity contribution in [1.29, 1.82) is 0 Å². The van der Waals surface area contributed by atoms with Gasteiger partial charge in [-0.15, -0.1) is 0 Å². The number of carbonyl (C=O) groups excluding carboxylic acids is 1. The maximum Gasteiger partial charge on any atom is 0.230 e. The second kappa shape index (κ2) is 10.3. The monoisotopic (exact) mass is 430 g/mol. The molecule has 0 unspecified atom stereocenters. The van der Waals surface area contributed by atoms with Crippen LogP contribution in [-0.4, -0.2) is 53.6 Å². The molecule has 2 aromatic carbocycles. The molecule has 6 nitrogen and oxygen atoms in total. The van der Waals surface area contributed by atoms with E-state index < -0.39 is 0 Å². The van der Waals surface area contributed by atoms with E-state index in [9.17, 15) is 4.79 Å². The predicted octanol–water partition coefficient (Wildman–Crippen LogP) is 4.38. The zero-order chi connectivity index (χ0) is 22.3. The van der Waals surface area contributed by atoms with Gasteiger partial charge in [0.2, 0.25) is 11.9 Å². The molecule has 0 bridgehead atoms. The Kier molecular flexibility index (Phi) is 7.00. The van der Waals surface area contributed by atoms with Crippen molar-refractivity contribution < 1.29 is 9.53 Å². The summed E-state index contributed by atoms with van der Waals surface area (Å²) in [5, 5.41) is 0. The van der Waals surface area contributed by atoms with Gasteiger partial charge in [-0.25, -0.2) is 9.97 Å². The number of rotatable bonds is 7. The molecule has 1 aliphatic rings. The molecule has 166 valence electrons. The predicted molar refractivity (Wildman–Crippen MR) is 127 cm³/mol. The summed E-state index contributed by atoms with van der Waals surface area (Å²) in [5.41, 5.74) is 3.00. The van der Waals surface area contributed by atoms with Gasteiger partial charge in [-0.05, 0) is 49.2 Å². The van der Waals surface area contributed by atoms with Crippen LogP contribution in [0, 0.1) is 0 Å². The molecule has 0 saturated carbocycles. The summed E-state index contributed by atoms with van der Waals surface area (Å²) in [6.45, 7) is 7.51. The highest BCUT2D eigenvalue weighted by Crippen LogP contribution is 2.25. The minimum absolute atomic E-state index is 0.0815. The number of benzene rings is 2. The molecule has 3 aromatic rings. The summed E-state index contributed by atoms with van der Waals surface area (Å²) in [6.07, 6.45) is 2.60. The number of amides is 1. The molecule has 2 heterocycles. The minimum atomic E-state index is -0.0815. The lowest BCUT2D eigenvalue weighted by atomic mass is 9.95. The average molecular weight is 431 g/mol. The number of nitrogens with zero attached hydrogens (tertiary/aromatic N) is 4. The summed E-state index contributed by atoms with van der Waals surface area (Å²) >= 11 is 0. The summed E-state index contributed by atoms with van der Waals surface area (Å²) in [7, 11) is 0. The van der Waals surface area contributed by atoms with E-state index >= 15 is 0 Å². The van der Waals surface area contributed by atoms with Crippen molar-refractivity contribution in [2.24, 2.45) is 0 Å². The zero-order valence-electron chi connectivity index (χ0n) is 18.8. The molecule has 6 heteroatoms. The van der Waals surface area contributed by atoms with Gasteiger partial charge >= 0.3 is 0 Å². The maximum absolute atomic E-state index is 13.2. The third kappa shape index (κ3) is 4.90. The van der Waals surface area contributed by atoms with Gasteiger partial charge in [0, 0.05) is 37.9 Å². The Morgan fingerprint density at radius 1 is 0.969 bits per heavy atom. The minimum Gasteiger partial charge on any atom is -0.494 e. The largest absolute Gasteiger partial charge is 0.494 e. The van der Waals surface area contributed by atoms with Crippen molar-refractivity contribution in [3.05, 3.63) is 72.4 Å². The van der Waals surface area contributed by atoms with Crippen LogP contribution in [0.4, 0.5) is 5.95 Å². The number of anilines is 1. The standard InChI is InChI=1S/C26H30N4O2/c1-3-23(20-8-6-5-7-9-20)25(31)29-16-18-30(19-17-29)26-27-15-14-24(28-26)21-10-12-22(13-11-21)32-4-2/h5-15,23H,3-4,16-19H2,1-2H3/t23-/m0/s1. The van der Waals surface area contributed by atoms with Crippen molar-refractivity contribution >= 4 is 11.9 Å². The fourth-order valence-electron chi connectivity index (χ4n) is 4.14. The fourth-order valence-corrected chi connectivity index (χ4v) is 4.14. The molecule has 1 aliphatic heterocycles. The van der Waals surface area contributed by atoms with Crippen LogP contribution >= 0.6 is 0 Å². The second-order valence-electron chi connectivity index (χ2n) is 7.88. The van der Waals surface area contributed by atoms with Crippen LogP contribution in [0.25, 0.3) is 11.3 Å². The normalized spacial score (nSPS) is 14.8. The van der Waals surface area contributed by atoms with Gasteiger partial charge in [-0.2, -0.15) is 0 Å². The van der Waals surface area contributed by atoms with Gasteiger partial charge in [-0.1, -0.05) is 37.3 Å². The van der Waals surface area contributed by atoms with Crippen LogP contribution in [0.3, 0.4) is 0 Å². The van der Waals surface area contributed by atoms with Gasteiger partial charge in [0.25, 0.3) is 0 Å². The Balaban J connectivity index is 1.41. The quantitative estimate of drug-likeness (QED) is 0.557. The van der Waals surface area contributed by atoms with Crippen LogP contribution in [0.1, 0.15) is 31.7 Å².